The molecule has 1 fully saturated rings. The van der Waals surface area contributed by atoms with Crippen LogP contribution in [0.5, 0.6) is 0 Å². The summed E-state index contributed by atoms with van der Waals surface area (Å²) in [4.78, 5) is 0. The number of hydrogen-bond acceptors (Lipinski definition) is 3. The molecule has 1 heterocycles. The van der Waals surface area contributed by atoms with E-state index in [1.54, 1.807) is 18.2 Å². The SMILES string of the molecule is Nc1noc(CC2CCCCCC2)c1-c1ccccc1F. The first-order valence-electron chi connectivity index (χ1n) is 7.74. The van der Waals surface area contributed by atoms with E-state index in [1.165, 1.54) is 44.6 Å². The van der Waals surface area contributed by atoms with Gasteiger partial charge in [-0.3, -0.25) is 0 Å². The van der Waals surface area contributed by atoms with E-state index in [1.807, 2.05) is 0 Å². The molecule has 0 amide bonds. The van der Waals surface area contributed by atoms with E-state index >= 15 is 0 Å². The minimum Gasteiger partial charge on any atom is -0.380 e. The maximum atomic E-state index is 14.0. The zero-order valence-electron chi connectivity index (χ0n) is 12.1. The first-order valence-corrected chi connectivity index (χ1v) is 7.74. The number of nitrogen functional groups attached to an aromatic ring is 1. The molecule has 0 aliphatic heterocycles. The largest absolute Gasteiger partial charge is 0.380 e. The molecule has 0 bridgehead atoms. The molecule has 112 valence electrons. The van der Waals surface area contributed by atoms with Crippen molar-refractivity contribution in [1.29, 1.82) is 0 Å². The molecular weight excluding hydrogens is 267 g/mol. The average Bonchev–Trinajstić information content (AvgIpc) is 2.69. The van der Waals surface area contributed by atoms with E-state index in [-0.39, 0.29) is 11.6 Å². The van der Waals surface area contributed by atoms with E-state index in [9.17, 15) is 4.39 Å². The van der Waals surface area contributed by atoms with Gasteiger partial charge in [-0.2, -0.15) is 0 Å². The van der Waals surface area contributed by atoms with Crippen LogP contribution in [0.2, 0.25) is 0 Å². The number of anilines is 1. The molecule has 0 spiro atoms. The molecule has 3 nitrogen and oxygen atoms in total. The summed E-state index contributed by atoms with van der Waals surface area (Å²) in [5, 5.41) is 3.86. The molecule has 1 aromatic carbocycles. The van der Waals surface area contributed by atoms with Gasteiger partial charge in [-0.05, 0) is 12.0 Å². The lowest BCUT2D eigenvalue weighted by atomic mass is 9.92. The number of hydrogen-bond donors (Lipinski definition) is 1. The van der Waals surface area contributed by atoms with Gasteiger partial charge in [0.15, 0.2) is 5.82 Å². The maximum Gasteiger partial charge on any atom is 0.175 e. The first-order chi connectivity index (χ1) is 10.3. The Labute approximate surface area is 124 Å². The lowest BCUT2D eigenvalue weighted by Crippen LogP contribution is -2.04. The molecule has 2 N–H and O–H groups in total. The number of nitrogens with zero attached hydrogens (tertiary/aromatic N) is 1. The van der Waals surface area contributed by atoms with E-state index in [4.69, 9.17) is 10.3 Å². The molecule has 4 heteroatoms. The summed E-state index contributed by atoms with van der Waals surface area (Å²) >= 11 is 0. The number of aromatic nitrogens is 1. The molecule has 0 atom stereocenters. The highest BCUT2D eigenvalue weighted by molar-refractivity contribution is 5.75. The van der Waals surface area contributed by atoms with E-state index < -0.39 is 0 Å². The number of benzene rings is 1. The van der Waals surface area contributed by atoms with Crippen molar-refractivity contribution in [1.82, 2.24) is 5.16 Å². The van der Waals surface area contributed by atoms with Crippen molar-refractivity contribution in [3.05, 3.63) is 35.8 Å². The third kappa shape index (κ3) is 3.09. The molecule has 1 aliphatic rings. The number of nitrogens with two attached hydrogens (primary N) is 1. The average molecular weight is 288 g/mol. The second-order valence-electron chi connectivity index (χ2n) is 5.91. The van der Waals surface area contributed by atoms with E-state index in [0.29, 0.717) is 17.0 Å². The van der Waals surface area contributed by atoms with Gasteiger partial charge in [-0.1, -0.05) is 61.9 Å². The van der Waals surface area contributed by atoms with Crippen LogP contribution in [0.1, 0.15) is 44.3 Å². The number of rotatable bonds is 3. The highest BCUT2D eigenvalue weighted by Gasteiger charge is 2.22. The topological polar surface area (TPSA) is 52.0 Å². The fourth-order valence-electron chi connectivity index (χ4n) is 3.26. The monoisotopic (exact) mass is 288 g/mol. The Morgan fingerprint density at radius 3 is 2.57 bits per heavy atom. The first kappa shape index (κ1) is 14.1. The fraction of sp³-hybridized carbons (Fsp3) is 0.471. The van der Waals surface area contributed by atoms with Crippen LogP contribution < -0.4 is 5.73 Å². The van der Waals surface area contributed by atoms with Crippen molar-refractivity contribution < 1.29 is 8.91 Å². The maximum absolute atomic E-state index is 14.0. The van der Waals surface area contributed by atoms with Gasteiger partial charge in [0.1, 0.15) is 11.6 Å². The smallest absolute Gasteiger partial charge is 0.175 e. The Kier molecular flexibility index (Phi) is 4.23. The predicted octanol–water partition coefficient (Wildman–Crippen LogP) is 4.58. The van der Waals surface area contributed by atoms with E-state index in [0.717, 1.165) is 12.2 Å². The van der Waals surface area contributed by atoms with Gasteiger partial charge < -0.3 is 10.3 Å². The van der Waals surface area contributed by atoms with Gasteiger partial charge in [0, 0.05) is 12.0 Å². The van der Waals surface area contributed by atoms with Crippen molar-refractivity contribution >= 4 is 5.82 Å². The summed E-state index contributed by atoms with van der Waals surface area (Å²) in [6, 6.07) is 6.65. The Balaban J connectivity index is 1.88. The Bertz CT molecular complexity index is 601. The normalized spacial score (nSPS) is 16.8. The molecule has 2 aromatic rings. The Morgan fingerprint density at radius 2 is 1.86 bits per heavy atom. The Hall–Kier alpha value is -1.84. The van der Waals surface area contributed by atoms with Crippen molar-refractivity contribution in [2.75, 3.05) is 5.73 Å². The van der Waals surface area contributed by atoms with Crippen molar-refractivity contribution in [2.24, 2.45) is 5.92 Å². The quantitative estimate of drug-likeness (QED) is 0.841. The molecule has 3 rings (SSSR count). The summed E-state index contributed by atoms with van der Waals surface area (Å²) in [6.07, 6.45) is 8.37. The molecule has 1 aromatic heterocycles. The molecular formula is C17H21FN2O. The third-order valence-electron chi connectivity index (χ3n) is 4.38. The van der Waals surface area contributed by atoms with Crippen molar-refractivity contribution in [3.8, 4) is 11.1 Å². The minimum absolute atomic E-state index is 0.281. The zero-order chi connectivity index (χ0) is 14.7. The van der Waals surface area contributed by atoms with Gasteiger partial charge in [0.05, 0.1) is 5.56 Å². The van der Waals surface area contributed by atoms with Crippen LogP contribution in [0.3, 0.4) is 0 Å². The minimum atomic E-state index is -0.283. The van der Waals surface area contributed by atoms with Crippen LogP contribution in [-0.2, 0) is 6.42 Å². The summed E-state index contributed by atoms with van der Waals surface area (Å²) in [5.74, 6) is 1.31. The molecule has 0 radical (unpaired) electrons. The lowest BCUT2D eigenvalue weighted by Gasteiger charge is -2.12. The van der Waals surface area contributed by atoms with Gasteiger partial charge in [0.2, 0.25) is 0 Å². The molecule has 21 heavy (non-hydrogen) atoms. The van der Waals surface area contributed by atoms with Gasteiger partial charge in [-0.15, -0.1) is 0 Å². The highest BCUT2D eigenvalue weighted by atomic mass is 19.1. The van der Waals surface area contributed by atoms with Gasteiger partial charge >= 0.3 is 0 Å². The highest BCUT2D eigenvalue weighted by Crippen LogP contribution is 2.35. The summed E-state index contributed by atoms with van der Waals surface area (Å²) in [7, 11) is 0. The van der Waals surface area contributed by atoms with E-state index in [2.05, 4.69) is 5.16 Å². The summed E-state index contributed by atoms with van der Waals surface area (Å²) < 4.78 is 19.4. The van der Waals surface area contributed by atoms with Crippen LogP contribution in [0.15, 0.2) is 28.8 Å². The molecule has 1 aliphatic carbocycles. The van der Waals surface area contributed by atoms with Gasteiger partial charge in [0.25, 0.3) is 0 Å². The fourth-order valence-corrected chi connectivity index (χ4v) is 3.26. The lowest BCUT2D eigenvalue weighted by molar-refractivity contribution is 0.347. The summed E-state index contributed by atoms with van der Waals surface area (Å²) in [5.41, 5.74) is 7.03. The standard InChI is InChI=1S/C17H21FN2O/c18-14-10-6-5-9-13(14)16-15(21-20-17(16)19)11-12-7-3-1-2-4-8-12/h5-6,9-10,12H,1-4,7-8,11H2,(H2,19,20). The summed E-state index contributed by atoms with van der Waals surface area (Å²) in [6.45, 7) is 0. The number of halogens is 1. The van der Waals surface area contributed by atoms with Crippen LogP contribution in [-0.4, -0.2) is 5.16 Å². The molecule has 0 unspecified atom stereocenters. The van der Waals surface area contributed by atoms with Crippen LogP contribution in [0.25, 0.3) is 11.1 Å². The van der Waals surface area contributed by atoms with Crippen LogP contribution >= 0.6 is 0 Å². The third-order valence-corrected chi connectivity index (χ3v) is 4.38. The molecule has 1 saturated carbocycles. The predicted molar refractivity (Wildman–Crippen MR) is 81.2 cm³/mol. The van der Waals surface area contributed by atoms with Crippen LogP contribution in [0, 0.1) is 11.7 Å². The Morgan fingerprint density at radius 1 is 1.14 bits per heavy atom. The van der Waals surface area contributed by atoms with Crippen molar-refractivity contribution in [3.63, 3.8) is 0 Å². The van der Waals surface area contributed by atoms with Crippen LogP contribution in [0.4, 0.5) is 10.2 Å². The molecule has 0 saturated heterocycles. The zero-order valence-corrected chi connectivity index (χ0v) is 12.1. The van der Waals surface area contributed by atoms with Gasteiger partial charge in [-0.25, -0.2) is 4.39 Å². The van der Waals surface area contributed by atoms with Crippen molar-refractivity contribution in [2.45, 2.75) is 44.9 Å². The second kappa shape index (κ2) is 6.29. The second-order valence-corrected chi connectivity index (χ2v) is 5.91.